The molecule has 1 fully saturated rings. The van der Waals surface area contributed by atoms with Gasteiger partial charge in [0.15, 0.2) is 11.5 Å². The first kappa shape index (κ1) is 19.4. The van der Waals surface area contributed by atoms with Gasteiger partial charge in [0, 0.05) is 25.6 Å². The summed E-state index contributed by atoms with van der Waals surface area (Å²) < 4.78 is 15.8. The number of methoxy groups -OCH3 is 3. The number of ether oxygens (including phenoxy) is 3. The minimum Gasteiger partial charge on any atom is -0.493 e. The molecule has 0 aliphatic heterocycles. The lowest BCUT2D eigenvalue weighted by Crippen LogP contribution is -2.46. The maximum Gasteiger partial charge on any atom is 0.314 e. The minimum absolute atomic E-state index is 0.0591. The van der Waals surface area contributed by atoms with Gasteiger partial charge in [0.1, 0.15) is 0 Å². The molecular weight excluding hydrogens is 320 g/mol. The van der Waals surface area contributed by atoms with Crippen LogP contribution >= 0.6 is 0 Å². The predicted octanol–water partition coefficient (Wildman–Crippen LogP) is 2.85. The van der Waals surface area contributed by atoms with Gasteiger partial charge in [0.2, 0.25) is 0 Å². The fourth-order valence-electron chi connectivity index (χ4n) is 3.54. The topological polar surface area (TPSA) is 68.8 Å². The third kappa shape index (κ3) is 5.01. The van der Waals surface area contributed by atoms with Crippen molar-refractivity contribution in [3.8, 4) is 11.5 Å². The minimum atomic E-state index is -0.150. The molecule has 1 aromatic rings. The summed E-state index contributed by atoms with van der Waals surface area (Å²) in [7, 11) is 4.91. The number of carbonyl (C=O) groups excluding carboxylic acids is 1. The number of amides is 2. The van der Waals surface area contributed by atoms with E-state index < -0.39 is 0 Å². The van der Waals surface area contributed by atoms with Crippen LogP contribution in [-0.4, -0.2) is 47.1 Å². The van der Waals surface area contributed by atoms with Crippen molar-refractivity contribution in [2.24, 2.45) is 0 Å². The van der Waals surface area contributed by atoms with Gasteiger partial charge in [-0.3, -0.25) is 0 Å². The van der Waals surface area contributed by atoms with Gasteiger partial charge in [0.05, 0.1) is 20.8 Å². The van der Waals surface area contributed by atoms with Crippen molar-refractivity contribution in [1.82, 2.24) is 10.6 Å². The molecule has 0 spiro atoms. The number of nitrogens with one attached hydrogen (secondary N) is 2. The van der Waals surface area contributed by atoms with Gasteiger partial charge in [-0.2, -0.15) is 0 Å². The zero-order valence-electron chi connectivity index (χ0n) is 15.5. The first-order valence-corrected chi connectivity index (χ1v) is 8.88. The van der Waals surface area contributed by atoms with Crippen molar-refractivity contribution in [1.29, 1.82) is 0 Å². The van der Waals surface area contributed by atoms with E-state index in [2.05, 4.69) is 22.8 Å². The Morgan fingerprint density at radius 1 is 1.04 bits per heavy atom. The van der Waals surface area contributed by atoms with Crippen molar-refractivity contribution in [3.63, 3.8) is 0 Å². The highest BCUT2D eigenvalue weighted by Gasteiger charge is 2.35. The summed E-state index contributed by atoms with van der Waals surface area (Å²) in [4.78, 5) is 12.0. The molecule has 0 radical (unpaired) electrons. The van der Waals surface area contributed by atoms with Gasteiger partial charge in [0.25, 0.3) is 0 Å². The van der Waals surface area contributed by atoms with Crippen LogP contribution in [-0.2, 0) is 10.2 Å². The second-order valence-corrected chi connectivity index (χ2v) is 6.51. The van der Waals surface area contributed by atoms with Gasteiger partial charge in [-0.25, -0.2) is 4.79 Å². The second-order valence-electron chi connectivity index (χ2n) is 6.51. The molecule has 0 atom stereocenters. The summed E-state index contributed by atoms with van der Waals surface area (Å²) in [5.74, 6) is 1.46. The number of hydrogen-bond acceptors (Lipinski definition) is 4. The quantitative estimate of drug-likeness (QED) is 0.708. The zero-order valence-corrected chi connectivity index (χ0v) is 15.5. The fraction of sp³-hybridized carbons (Fsp3) is 0.632. The van der Waals surface area contributed by atoms with E-state index in [0.717, 1.165) is 24.3 Å². The Labute approximate surface area is 150 Å². The van der Waals surface area contributed by atoms with Crippen LogP contribution in [0.25, 0.3) is 0 Å². The van der Waals surface area contributed by atoms with Crippen LogP contribution in [0, 0.1) is 0 Å². The van der Waals surface area contributed by atoms with E-state index in [-0.39, 0.29) is 11.4 Å². The molecule has 1 saturated carbocycles. The van der Waals surface area contributed by atoms with E-state index in [9.17, 15) is 4.79 Å². The number of urea groups is 1. The molecule has 0 saturated heterocycles. The Kier molecular flexibility index (Phi) is 7.37. The van der Waals surface area contributed by atoms with E-state index in [4.69, 9.17) is 14.2 Å². The van der Waals surface area contributed by atoms with Crippen LogP contribution in [0.1, 0.15) is 37.7 Å². The molecule has 140 valence electrons. The van der Waals surface area contributed by atoms with E-state index in [1.54, 1.807) is 21.3 Å². The molecule has 25 heavy (non-hydrogen) atoms. The summed E-state index contributed by atoms with van der Waals surface area (Å²) in [5.41, 5.74) is 1.14. The smallest absolute Gasteiger partial charge is 0.314 e. The molecule has 6 heteroatoms. The summed E-state index contributed by atoms with van der Waals surface area (Å²) in [6, 6.07) is 5.94. The average Bonchev–Trinajstić information content (AvgIpc) is 2.66. The average molecular weight is 350 g/mol. The van der Waals surface area contributed by atoms with Gasteiger partial charge >= 0.3 is 6.03 Å². The van der Waals surface area contributed by atoms with Crippen LogP contribution in [0.3, 0.4) is 0 Å². The van der Waals surface area contributed by atoms with Crippen LogP contribution in [0.5, 0.6) is 11.5 Å². The van der Waals surface area contributed by atoms with Crippen LogP contribution in [0.2, 0.25) is 0 Å². The predicted molar refractivity (Wildman–Crippen MR) is 97.6 cm³/mol. The third-order valence-corrected chi connectivity index (χ3v) is 4.99. The van der Waals surface area contributed by atoms with Gasteiger partial charge in [-0.1, -0.05) is 25.3 Å². The highest BCUT2D eigenvalue weighted by atomic mass is 16.5. The number of hydrogen-bond donors (Lipinski definition) is 2. The Bertz CT molecular complexity index is 556. The molecule has 0 unspecified atom stereocenters. The maximum absolute atomic E-state index is 12.0. The van der Waals surface area contributed by atoms with Gasteiger partial charge in [-0.15, -0.1) is 0 Å². The Hall–Kier alpha value is -1.95. The second kappa shape index (κ2) is 9.51. The van der Waals surface area contributed by atoms with Crippen molar-refractivity contribution < 1.29 is 19.0 Å². The lowest BCUT2D eigenvalue weighted by molar-refractivity contribution is 0.194. The maximum atomic E-state index is 12.0. The number of benzene rings is 1. The van der Waals surface area contributed by atoms with E-state index in [0.29, 0.717) is 19.7 Å². The van der Waals surface area contributed by atoms with Crippen molar-refractivity contribution in [2.75, 3.05) is 41.0 Å². The standard InChI is InChI=1S/C19H30N2O4/c1-23-12-11-20-18(22)21-14-19(9-5-4-6-10-19)15-7-8-16(24-2)17(13-15)25-3/h7-8,13H,4-6,9-12,14H2,1-3H3,(H2,20,21,22). The van der Waals surface area contributed by atoms with E-state index in [1.807, 2.05) is 6.07 Å². The van der Waals surface area contributed by atoms with Crippen molar-refractivity contribution in [2.45, 2.75) is 37.5 Å². The molecule has 0 aromatic heterocycles. The Morgan fingerprint density at radius 3 is 2.40 bits per heavy atom. The number of rotatable bonds is 8. The monoisotopic (exact) mass is 350 g/mol. The van der Waals surface area contributed by atoms with Crippen LogP contribution in [0.4, 0.5) is 4.79 Å². The largest absolute Gasteiger partial charge is 0.493 e. The Balaban J connectivity index is 2.13. The zero-order chi connectivity index (χ0) is 18.1. The molecule has 2 N–H and O–H groups in total. The number of carbonyl (C=O) groups is 1. The highest BCUT2D eigenvalue weighted by molar-refractivity contribution is 5.74. The molecule has 1 aliphatic carbocycles. The molecule has 1 aliphatic rings. The molecule has 2 amide bonds. The van der Waals surface area contributed by atoms with Gasteiger partial charge < -0.3 is 24.8 Å². The molecule has 2 rings (SSSR count). The molecule has 0 heterocycles. The van der Waals surface area contributed by atoms with Crippen molar-refractivity contribution in [3.05, 3.63) is 23.8 Å². The Morgan fingerprint density at radius 2 is 1.76 bits per heavy atom. The first-order valence-electron chi connectivity index (χ1n) is 8.88. The van der Waals surface area contributed by atoms with Gasteiger partial charge in [-0.05, 0) is 30.5 Å². The molecule has 0 bridgehead atoms. The molecule has 6 nitrogen and oxygen atoms in total. The lowest BCUT2D eigenvalue weighted by Gasteiger charge is -2.38. The molecular formula is C19H30N2O4. The summed E-state index contributed by atoms with van der Waals surface area (Å²) in [6.45, 7) is 1.63. The third-order valence-electron chi connectivity index (χ3n) is 4.99. The summed E-state index contributed by atoms with van der Waals surface area (Å²) >= 11 is 0. The summed E-state index contributed by atoms with van der Waals surface area (Å²) in [6.07, 6.45) is 5.69. The SMILES string of the molecule is COCCNC(=O)NCC1(c2ccc(OC)c(OC)c2)CCCCC1. The first-order chi connectivity index (χ1) is 12.1. The normalized spacial score (nSPS) is 16.1. The van der Waals surface area contributed by atoms with Crippen LogP contribution < -0.4 is 20.1 Å². The van der Waals surface area contributed by atoms with Crippen LogP contribution in [0.15, 0.2) is 18.2 Å². The van der Waals surface area contributed by atoms with E-state index in [1.165, 1.54) is 24.8 Å². The fourth-order valence-corrected chi connectivity index (χ4v) is 3.54. The summed E-state index contributed by atoms with van der Waals surface area (Å²) in [5, 5.41) is 5.85. The van der Waals surface area contributed by atoms with Crippen molar-refractivity contribution >= 4 is 6.03 Å². The molecule has 1 aromatic carbocycles. The van der Waals surface area contributed by atoms with E-state index >= 15 is 0 Å². The highest BCUT2D eigenvalue weighted by Crippen LogP contribution is 2.41. The lowest BCUT2D eigenvalue weighted by atomic mass is 9.69.